The van der Waals surface area contributed by atoms with Crippen molar-refractivity contribution >= 4 is 27.5 Å². The van der Waals surface area contributed by atoms with Crippen LogP contribution in [0.4, 0.5) is 18.9 Å². The third-order valence-electron chi connectivity index (χ3n) is 1.75. The van der Waals surface area contributed by atoms with Crippen LogP contribution in [0.25, 0.3) is 0 Å². The van der Waals surface area contributed by atoms with Crippen LogP contribution in [0.1, 0.15) is 6.42 Å². The Morgan fingerprint density at radius 2 is 2.22 bits per heavy atom. The average molecular weight is 323 g/mol. The van der Waals surface area contributed by atoms with Gasteiger partial charge in [0.1, 0.15) is 18.0 Å². The predicted octanol–water partition coefficient (Wildman–Crippen LogP) is 3.04. The SMILES string of the molecule is N#CCC(=O)Nc1cc(Br)c(OC(F)F)cc1F. The molecule has 0 aliphatic rings. The van der Waals surface area contributed by atoms with Crippen molar-refractivity contribution in [2.75, 3.05) is 5.32 Å². The standard InChI is InChI=1S/C10H6BrF3N2O2/c11-5-3-7(16-9(17)1-2-15)6(12)4-8(5)18-10(13)14/h3-4,10H,1H2,(H,16,17). The summed E-state index contributed by atoms with van der Waals surface area (Å²) in [5, 5.41) is 10.4. The molecule has 1 aromatic carbocycles. The summed E-state index contributed by atoms with van der Waals surface area (Å²) in [6.07, 6.45) is -0.438. The van der Waals surface area contributed by atoms with Crippen molar-refractivity contribution in [3.05, 3.63) is 22.4 Å². The van der Waals surface area contributed by atoms with Gasteiger partial charge in [0.2, 0.25) is 5.91 Å². The van der Waals surface area contributed by atoms with Crippen LogP contribution in [0.3, 0.4) is 0 Å². The maximum Gasteiger partial charge on any atom is 0.387 e. The van der Waals surface area contributed by atoms with Crippen molar-refractivity contribution in [1.29, 1.82) is 5.26 Å². The second kappa shape index (κ2) is 6.26. The number of alkyl halides is 2. The molecule has 0 fully saturated rings. The highest BCUT2D eigenvalue weighted by molar-refractivity contribution is 9.10. The minimum Gasteiger partial charge on any atom is -0.434 e. The van der Waals surface area contributed by atoms with Crippen LogP contribution in [0.2, 0.25) is 0 Å². The molecule has 0 saturated heterocycles. The van der Waals surface area contributed by atoms with Gasteiger partial charge in [-0.2, -0.15) is 14.0 Å². The first kappa shape index (κ1) is 14.3. The first-order chi connectivity index (χ1) is 8.43. The van der Waals surface area contributed by atoms with E-state index in [-0.39, 0.29) is 15.9 Å². The number of anilines is 1. The highest BCUT2D eigenvalue weighted by Crippen LogP contribution is 2.31. The minimum absolute atomic E-state index is 0.0523. The summed E-state index contributed by atoms with van der Waals surface area (Å²) in [5.41, 5.74) is -0.233. The Balaban J connectivity index is 2.93. The molecule has 1 aromatic rings. The molecule has 0 aromatic heterocycles. The van der Waals surface area contributed by atoms with E-state index in [0.717, 1.165) is 6.07 Å². The zero-order valence-electron chi connectivity index (χ0n) is 8.71. The van der Waals surface area contributed by atoms with Crippen molar-refractivity contribution in [1.82, 2.24) is 0 Å². The van der Waals surface area contributed by atoms with E-state index >= 15 is 0 Å². The van der Waals surface area contributed by atoms with Crippen molar-refractivity contribution < 1.29 is 22.7 Å². The monoisotopic (exact) mass is 322 g/mol. The summed E-state index contributed by atoms with van der Waals surface area (Å²) in [7, 11) is 0. The van der Waals surface area contributed by atoms with Gasteiger partial charge in [0.25, 0.3) is 0 Å². The number of amides is 1. The van der Waals surface area contributed by atoms with Gasteiger partial charge in [-0.15, -0.1) is 0 Å². The van der Waals surface area contributed by atoms with Gasteiger partial charge in [0.15, 0.2) is 0 Å². The van der Waals surface area contributed by atoms with Crippen LogP contribution >= 0.6 is 15.9 Å². The number of benzene rings is 1. The Kier molecular flexibility index (Phi) is 4.97. The van der Waals surface area contributed by atoms with Crippen LogP contribution in [-0.4, -0.2) is 12.5 Å². The van der Waals surface area contributed by atoms with Gasteiger partial charge in [0, 0.05) is 6.07 Å². The fourth-order valence-electron chi connectivity index (χ4n) is 1.08. The number of carbonyl (C=O) groups is 1. The normalized spacial score (nSPS) is 10.0. The van der Waals surface area contributed by atoms with Crippen LogP contribution in [0, 0.1) is 17.1 Å². The number of hydrogen-bond acceptors (Lipinski definition) is 3. The summed E-state index contributed by atoms with van der Waals surface area (Å²) >= 11 is 2.90. The fraction of sp³-hybridized carbons (Fsp3) is 0.200. The Labute approximate surface area is 108 Å². The molecule has 1 amide bonds. The van der Waals surface area contributed by atoms with Crippen molar-refractivity contribution in [3.63, 3.8) is 0 Å². The van der Waals surface area contributed by atoms with Crippen LogP contribution in [-0.2, 0) is 4.79 Å². The maximum absolute atomic E-state index is 13.4. The number of ether oxygens (including phenoxy) is 1. The number of nitrogens with one attached hydrogen (secondary N) is 1. The van der Waals surface area contributed by atoms with E-state index in [4.69, 9.17) is 5.26 Å². The molecule has 0 heterocycles. The molecular formula is C10H6BrF3N2O2. The lowest BCUT2D eigenvalue weighted by Crippen LogP contribution is -2.12. The third-order valence-corrected chi connectivity index (χ3v) is 2.37. The fourth-order valence-corrected chi connectivity index (χ4v) is 1.51. The zero-order chi connectivity index (χ0) is 13.7. The highest BCUT2D eigenvalue weighted by atomic mass is 79.9. The zero-order valence-corrected chi connectivity index (χ0v) is 10.3. The molecule has 4 nitrogen and oxygen atoms in total. The first-order valence-corrected chi connectivity index (χ1v) is 5.34. The number of nitrogens with zero attached hydrogens (tertiary/aromatic N) is 1. The Bertz CT molecular complexity index is 503. The first-order valence-electron chi connectivity index (χ1n) is 4.54. The lowest BCUT2D eigenvalue weighted by atomic mass is 10.2. The number of halogens is 4. The molecule has 0 bridgehead atoms. The number of carbonyl (C=O) groups excluding carboxylic acids is 1. The van der Waals surface area contributed by atoms with E-state index in [0.29, 0.717) is 6.07 Å². The van der Waals surface area contributed by atoms with Gasteiger partial charge in [-0.1, -0.05) is 0 Å². The Morgan fingerprint density at radius 1 is 1.56 bits per heavy atom. The van der Waals surface area contributed by atoms with Crippen LogP contribution < -0.4 is 10.1 Å². The van der Waals surface area contributed by atoms with Gasteiger partial charge < -0.3 is 10.1 Å². The Morgan fingerprint density at radius 3 is 2.78 bits per heavy atom. The second-order valence-corrected chi connectivity index (χ2v) is 3.88. The van der Waals surface area contributed by atoms with Crippen LogP contribution in [0.5, 0.6) is 5.75 Å². The quantitative estimate of drug-likeness (QED) is 0.926. The topological polar surface area (TPSA) is 62.1 Å². The molecule has 18 heavy (non-hydrogen) atoms. The molecule has 0 saturated carbocycles. The average Bonchev–Trinajstić information content (AvgIpc) is 2.25. The van der Waals surface area contributed by atoms with E-state index in [1.165, 1.54) is 0 Å². The van der Waals surface area contributed by atoms with E-state index in [9.17, 15) is 18.0 Å². The Hall–Kier alpha value is -1.75. The number of hydrogen-bond donors (Lipinski definition) is 1. The van der Waals surface area contributed by atoms with Crippen LogP contribution in [0.15, 0.2) is 16.6 Å². The van der Waals surface area contributed by atoms with Gasteiger partial charge in [0.05, 0.1) is 16.2 Å². The van der Waals surface area contributed by atoms with Gasteiger partial charge in [-0.3, -0.25) is 4.79 Å². The number of rotatable bonds is 4. The molecule has 1 rings (SSSR count). The molecule has 96 valence electrons. The maximum atomic E-state index is 13.4. The van der Waals surface area contributed by atoms with Gasteiger partial charge >= 0.3 is 6.61 Å². The molecule has 0 aliphatic carbocycles. The van der Waals surface area contributed by atoms with Crippen molar-refractivity contribution in [2.45, 2.75) is 13.0 Å². The molecular weight excluding hydrogens is 317 g/mol. The summed E-state index contributed by atoms with van der Waals surface area (Å²) in [4.78, 5) is 11.1. The largest absolute Gasteiger partial charge is 0.434 e. The van der Waals surface area contributed by atoms with Gasteiger partial charge in [-0.05, 0) is 22.0 Å². The van der Waals surface area contributed by atoms with Crippen molar-refractivity contribution in [3.8, 4) is 11.8 Å². The third kappa shape index (κ3) is 3.92. The predicted molar refractivity (Wildman–Crippen MR) is 59.6 cm³/mol. The molecule has 0 unspecified atom stereocenters. The molecule has 0 aliphatic heterocycles. The van der Waals surface area contributed by atoms with E-state index in [2.05, 4.69) is 26.0 Å². The smallest absolute Gasteiger partial charge is 0.387 e. The summed E-state index contributed by atoms with van der Waals surface area (Å²) in [6.45, 7) is -3.08. The minimum atomic E-state index is -3.08. The molecule has 8 heteroatoms. The molecule has 0 radical (unpaired) electrons. The van der Waals surface area contributed by atoms with Gasteiger partial charge in [-0.25, -0.2) is 4.39 Å². The van der Waals surface area contributed by atoms with E-state index in [1.54, 1.807) is 6.07 Å². The lowest BCUT2D eigenvalue weighted by molar-refractivity contribution is -0.115. The summed E-state index contributed by atoms with van der Waals surface area (Å²) in [6, 6.07) is 3.37. The lowest BCUT2D eigenvalue weighted by Gasteiger charge is -2.10. The second-order valence-electron chi connectivity index (χ2n) is 3.02. The molecule has 0 atom stereocenters. The van der Waals surface area contributed by atoms with E-state index < -0.39 is 24.8 Å². The highest BCUT2D eigenvalue weighted by Gasteiger charge is 2.14. The summed E-state index contributed by atoms with van der Waals surface area (Å²) < 4.78 is 41.5. The summed E-state index contributed by atoms with van der Waals surface area (Å²) in [5.74, 6) is -2.04. The van der Waals surface area contributed by atoms with E-state index in [1.807, 2.05) is 0 Å². The molecule has 0 spiro atoms. The number of nitriles is 1. The molecule has 1 N–H and O–H groups in total. The van der Waals surface area contributed by atoms with Crippen molar-refractivity contribution in [2.24, 2.45) is 0 Å².